The molecule has 1 heterocycles. The molecule has 0 unspecified atom stereocenters. The number of amides is 3. The normalized spacial score (nSPS) is 20.7. The highest BCUT2D eigenvalue weighted by Crippen LogP contribution is 2.22. The van der Waals surface area contributed by atoms with Crippen LogP contribution in [0, 0.1) is 5.82 Å². The average Bonchev–Trinajstić information content (AvgIpc) is 2.62. The van der Waals surface area contributed by atoms with Crippen LogP contribution in [0.15, 0.2) is 24.3 Å². The van der Waals surface area contributed by atoms with E-state index in [-0.39, 0.29) is 19.6 Å². The molecule has 2 N–H and O–H groups in total. The molecule has 1 atom stereocenters. The molecule has 0 aliphatic carbocycles. The number of piperazine rings is 1. The van der Waals surface area contributed by atoms with Crippen molar-refractivity contribution >= 4 is 27.7 Å². The first-order chi connectivity index (χ1) is 12.9. The maximum atomic E-state index is 13.5. The number of carbonyl (C=O) groups is 3. The second-order valence-corrected chi connectivity index (χ2v) is 8.79. The van der Waals surface area contributed by atoms with Crippen LogP contribution in [0.2, 0.25) is 0 Å². The van der Waals surface area contributed by atoms with Crippen LogP contribution in [0.4, 0.5) is 4.39 Å². The first kappa shape index (κ1) is 21.8. The predicted molar refractivity (Wildman–Crippen MR) is 98.8 cm³/mol. The number of nitrogens with zero attached hydrogens (tertiary/aromatic N) is 2. The molecule has 9 nitrogen and oxygen atoms in total. The Morgan fingerprint density at radius 2 is 1.89 bits per heavy atom. The zero-order valence-electron chi connectivity index (χ0n) is 15.9. The van der Waals surface area contributed by atoms with Crippen molar-refractivity contribution in [3.05, 3.63) is 35.6 Å². The number of nitrogens with one attached hydrogen (secondary N) is 2. The maximum Gasteiger partial charge on any atom is 0.247 e. The highest BCUT2D eigenvalue weighted by Gasteiger charge is 2.47. The predicted octanol–water partition coefficient (Wildman–Crippen LogP) is -0.950. The van der Waals surface area contributed by atoms with Gasteiger partial charge in [0.15, 0.2) is 0 Å². The van der Waals surface area contributed by atoms with Crippen molar-refractivity contribution in [2.45, 2.75) is 19.0 Å². The third kappa shape index (κ3) is 4.84. The zero-order chi connectivity index (χ0) is 21.1. The summed E-state index contributed by atoms with van der Waals surface area (Å²) in [4.78, 5) is 37.9. The second-order valence-electron chi connectivity index (χ2n) is 6.81. The number of halogens is 1. The second kappa shape index (κ2) is 8.23. The molecule has 0 radical (unpaired) electrons. The van der Waals surface area contributed by atoms with Gasteiger partial charge in [-0.15, -0.1) is 0 Å². The number of likely N-dealkylation sites (N-methyl/N-ethyl adjacent to an activating group) is 1. The van der Waals surface area contributed by atoms with Gasteiger partial charge in [0, 0.05) is 25.7 Å². The fraction of sp³-hybridized carbons (Fsp3) is 0.471. The molecule has 1 fully saturated rings. The van der Waals surface area contributed by atoms with Crippen LogP contribution in [0.1, 0.15) is 12.5 Å². The fourth-order valence-corrected chi connectivity index (χ4v) is 3.58. The minimum absolute atomic E-state index is 0.0428. The summed E-state index contributed by atoms with van der Waals surface area (Å²) in [5.41, 5.74) is -1.17. The topological polar surface area (TPSA) is 116 Å². The minimum atomic E-state index is -3.67. The van der Waals surface area contributed by atoms with Crippen LogP contribution in [0.5, 0.6) is 0 Å². The van der Waals surface area contributed by atoms with Crippen molar-refractivity contribution in [2.75, 3.05) is 32.9 Å². The molecule has 0 aromatic heterocycles. The number of hydrogen-bond donors (Lipinski definition) is 2. The molecule has 3 amide bonds. The molecule has 28 heavy (non-hydrogen) atoms. The number of rotatable bonds is 6. The van der Waals surface area contributed by atoms with E-state index >= 15 is 0 Å². The van der Waals surface area contributed by atoms with Gasteiger partial charge in [0.25, 0.3) is 0 Å². The quantitative estimate of drug-likeness (QED) is 0.623. The summed E-state index contributed by atoms with van der Waals surface area (Å²) in [6.45, 7) is 0.412. The number of hydrogen-bond acceptors (Lipinski definition) is 5. The van der Waals surface area contributed by atoms with Gasteiger partial charge in [-0.2, -0.15) is 4.31 Å². The van der Waals surface area contributed by atoms with Gasteiger partial charge in [-0.25, -0.2) is 12.8 Å². The van der Waals surface area contributed by atoms with E-state index in [0.717, 1.165) is 10.6 Å². The first-order valence-corrected chi connectivity index (χ1v) is 10.3. The van der Waals surface area contributed by atoms with Crippen LogP contribution < -0.4 is 10.6 Å². The van der Waals surface area contributed by atoms with Gasteiger partial charge in [-0.05, 0) is 13.0 Å². The fourth-order valence-electron chi connectivity index (χ4n) is 2.75. The van der Waals surface area contributed by atoms with E-state index in [1.807, 2.05) is 0 Å². The molecule has 1 aliphatic rings. The highest BCUT2D eigenvalue weighted by molar-refractivity contribution is 7.88. The van der Waals surface area contributed by atoms with Crippen molar-refractivity contribution in [3.63, 3.8) is 0 Å². The number of carbonyl (C=O) groups excluding carboxylic acids is 3. The molecule has 2 rings (SSSR count). The monoisotopic (exact) mass is 414 g/mol. The van der Waals surface area contributed by atoms with E-state index in [4.69, 9.17) is 0 Å². The standard InChI is InChI=1S/C17H23FN4O5S/c1-17(11-22(28(3,26)27)10-15(24)21(17)2)16(25)20-9-14(23)19-8-12-6-4-5-7-13(12)18/h4-7H,8-11H2,1-3H3,(H,19,23)(H,20,25)/t17-/m1/s1. The smallest absolute Gasteiger partial charge is 0.247 e. The van der Waals surface area contributed by atoms with E-state index < -0.39 is 45.6 Å². The molecule has 11 heteroatoms. The van der Waals surface area contributed by atoms with Crippen LogP contribution in [-0.2, 0) is 31.0 Å². The summed E-state index contributed by atoms with van der Waals surface area (Å²) in [6.07, 6.45) is 0.958. The Kier molecular flexibility index (Phi) is 6.40. The van der Waals surface area contributed by atoms with Crippen LogP contribution >= 0.6 is 0 Å². The molecular formula is C17H23FN4O5S. The SMILES string of the molecule is CN1C(=O)CN(S(C)(=O)=O)C[C@]1(C)C(=O)NCC(=O)NCc1ccccc1F. The van der Waals surface area contributed by atoms with Crippen molar-refractivity contribution in [1.29, 1.82) is 0 Å². The van der Waals surface area contributed by atoms with E-state index in [1.54, 1.807) is 6.07 Å². The van der Waals surface area contributed by atoms with Crippen molar-refractivity contribution in [3.8, 4) is 0 Å². The van der Waals surface area contributed by atoms with Gasteiger partial charge in [-0.1, -0.05) is 18.2 Å². The van der Waals surface area contributed by atoms with Crippen molar-refractivity contribution in [1.82, 2.24) is 19.8 Å². The van der Waals surface area contributed by atoms with E-state index in [2.05, 4.69) is 10.6 Å². The largest absolute Gasteiger partial charge is 0.350 e. The van der Waals surface area contributed by atoms with Crippen molar-refractivity contribution in [2.24, 2.45) is 0 Å². The highest BCUT2D eigenvalue weighted by atomic mass is 32.2. The maximum absolute atomic E-state index is 13.5. The van der Waals surface area contributed by atoms with Gasteiger partial charge in [0.1, 0.15) is 11.4 Å². The minimum Gasteiger partial charge on any atom is -0.350 e. The summed E-state index contributed by atoms with van der Waals surface area (Å²) in [5, 5.41) is 4.89. The Bertz CT molecular complexity index is 891. The molecule has 1 aromatic rings. The summed E-state index contributed by atoms with van der Waals surface area (Å²) >= 11 is 0. The Labute approximate surface area is 162 Å². The molecule has 154 valence electrons. The van der Waals surface area contributed by atoms with Gasteiger partial charge < -0.3 is 15.5 Å². The molecular weight excluding hydrogens is 391 g/mol. The van der Waals surface area contributed by atoms with Crippen LogP contribution in [0.3, 0.4) is 0 Å². The molecule has 1 aliphatic heterocycles. The number of sulfonamides is 1. The summed E-state index contributed by atoms with van der Waals surface area (Å²) in [5.74, 6) is -2.21. The zero-order valence-corrected chi connectivity index (χ0v) is 16.7. The van der Waals surface area contributed by atoms with Crippen LogP contribution in [0.25, 0.3) is 0 Å². The molecule has 0 saturated carbocycles. The van der Waals surface area contributed by atoms with Gasteiger partial charge in [0.05, 0.1) is 19.3 Å². The van der Waals surface area contributed by atoms with E-state index in [1.165, 1.54) is 37.1 Å². The Morgan fingerprint density at radius 1 is 1.25 bits per heavy atom. The molecule has 0 spiro atoms. The Hall–Kier alpha value is -2.53. The Morgan fingerprint density at radius 3 is 2.50 bits per heavy atom. The molecule has 0 bridgehead atoms. The molecule has 1 aromatic carbocycles. The lowest BCUT2D eigenvalue weighted by atomic mass is 9.96. The van der Waals surface area contributed by atoms with Gasteiger partial charge in [0.2, 0.25) is 27.7 Å². The van der Waals surface area contributed by atoms with Crippen LogP contribution in [-0.4, -0.2) is 73.8 Å². The molecule has 1 saturated heterocycles. The lowest BCUT2D eigenvalue weighted by Crippen LogP contribution is -2.68. The van der Waals surface area contributed by atoms with E-state index in [0.29, 0.717) is 5.56 Å². The van der Waals surface area contributed by atoms with Gasteiger partial charge in [-0.3, -0.25) is 14.4 Å². The lowest BCUT2D eigenvalue weighted by molar-refractivity contribution is -0.150. The van der Waals surface area contributed by atoms with Crippen molar-refractivity contribution < 1.29 is 27.2 Å². The summed E-state index contributed by atoms with van der Waals surface area (Å²) in [7, 11) is -2.27. The Balaban J connectivity index is 1.97. The first-order valence-electron chi connectivity index (χ1n) is 8.45. The third-order valence-electron chi connectivity index (χ3n) is 4.71. The summed E-state index contributed by atoms with van der Waals surface area (Å²) < 4.78 is 38.1. The number of benzene rings is 1. The summed E-state index contributed by atoms with van der Waals surface area (Å²) in [6, 6.07) is 5.96. The average molecular weight is 414 g/mol. The third-order valence-corrected chi connectivity index (χ3v) is 5.91. The van der Waals surface area contributed by atoms with E-state index in [9.17, 15) is 27.2 Å². The lowest BCUT2D eigenvalue weighted by Gasteiger charge is -2.44. The van der Waals surface area contributed by atoms with Gasteiger partial charge >= 0.3 is 0 Å².